The molecule has 0 bridgehead atoms. The molecule has 0 saturated heterocycles. The first-order valence-electron chi connectivity index (χ1n) is 13.4. The zero-order valence-electron chi connectivity index (χ0n) is 23.2. The number of aromatic nitrogens is 1. The minimum Gasteiger partial charge on any atom is -0.493 e. The second kappa shape index (κ2) is 14.6. The highest BCUT2D eigenvalue weighted by molar-refractivity contribution is 7.09. The van der Waals surface area contributed by atoms with Crippen LogP contribution >= 0.6 is 11.3 Å². The summed E-state index contributed by atoms with van der Waals surface area (Å²) in [6.45, 7) is 3.61. The second-order valence-electron chi connectivity index (χ2n) is 9.77. The minimum atomic E-state index is -0.234. The number of benzene rings is 3. The Hall–Kier alpha value is -3.75. The lowest BCUT2D eigenvalue weighted by atomic mass is 10.1. The molecule has 4 rings (SSSR count). The van der Waals surface area contributed by atoms with Crippen LogP contribution in [-0.4, -0.2) is 42.6 Å². The van der Waals surface area contributed by atoms with Gasteiger partial charge in [-0.1, -0.05) is 54.6 Å². The number of ether oxygens (including phenoxy) is 2. The van der Waals surface area contributed by atoms with Crippen molar-refractivity contribution in [2.75, 3.05) is 20.8 Å². The molecule has 1 atom stereocenters. The number of rotatable bonds is 14. The van der Waals surface area contributed by atoms with Crippen molar-refractivity contribution in [3.05, 3.63) is 111 Å². The Bertz CT molecular complexity index is 1380. The van der Waals surface area contributed by atoms with Crippen molar-refractivity contribution in [1.29, 1.82) is 0 Å². The first kappa shape index (κ1) is 29.2. The first-order valence-corrected chi connectivity index (χ1v) is 14.3. The number of methoxy groups -OCH3 is 2. The van der Waals surface area contributed by atoms with Crippen LogP contribution in [0.1, 0.15) is 45.5 Å². The van der Waals surface area contributed by atoms with Crippen molar-refractivity contribution in [3.8, 4) is 11.5 Å². The van der Waals surface area contributed by atoms with Crippen LogP contribution in [0.3, 0.4) is 0 Å². The molecule has 8 heteroatoms. The van der Waals surface area contributed by atoms with Gasteiger partial charge in [-0.25, -0.2) is 9.37 Å². The molecule has 1 heterocycles. The summed E-state index contributed by atoms with van der Waals surface area (Å²) in [4.78, 5) is 19.6. The van der Waals surface area contributed by atoms with E-state index in [-0.39, 0.29) is 17.8 Å². The van der Waals surface area contributed by atoms with Gasteiger partial charge in [-0.15, -0.1) is 11.3 Å². The molecule has 4 aromatic rings. The van der Waals surface area contributed by atoms with Crippen molar-refractivity contribution in [2.45, 2.75) is 45.3 Å². The molecule has 0 aliphatic carbocycles. The summed E-state index contributed by atoms with van der Waals surface area (Å²) in [5.74, 6) is 0.947. The summed E-state index contributed by atoms with van der Waals surface area (Å²) in [5, 5.41) is 5.67. The molecule has 0 spiro atoms. The number of halogens is 1. The predicted octanol–water partition coefficient (Wildman–Crippen LogP) is 6.30. The van der Waals surface area contributed by atoms with Crippen molar-refractivity contribution in [2.24, 2.45) is 0 Å². The van der Waals surface area contributed by atoms with E-state index in [1.807, 2.05) is 49.4 Å². The van der Waals surface area contributed by atoms with E-state index in [0.717, 1.165) is 29.8 Å². The van der Waals surface area contributed by atoms with E-state index in [9.17, 15) is 9.18 Å². The third-order valence-electron chi connectivity index (χ3n) is 6.75. The Labute approximate surface area is 239 Å². The molecule has 0 aliphatic heterocycles. The summed E-state index contributed by atoms with van der Waals surface area (Å²) >= 11 is 1.45. The molecular formula is C32H36FN3O3S. The van der Waals surface area contributed by atoms with Crippen LogP contribution in [0.5, 0.6) is 11.5 Å². The molecule has 3 aromatic carbocycles. The standard InChI is InChI=1S/C32H36FN3O3S/c1-23(13-14-24-9-5-4-6-10-24)34-32(37)28-22-40-31(35-28)21-36(20-26-11-7-8-12-27(26)33)18-17-25-15-16-29(38-2)30(19-25)39-3/h4-12,15-16,19,22-23H,13-14,17-18,20-21H2,1-3H3,(H,34,37). The molecule has 0 radical (unpaired) electrons. The summed E-state index contributed by atoms with van der Waals surface area (Å²) < 4.78 is 25.3. The van der Waals surface area contributed by atoms with Gasteiger partial charge in [0.05, 0.1) is 20.8 Å². The number of amides is 1. The zero-order valence-corrected chi connectivity index (χ0v) is 24.0. The molecule has 6 nitrogen and oxygen atoms in total. The van der Waals surface area contributed by atoms with Gasteiger partial charge in [0.25, 0.3) is 5.91 Å². The maximum absolute atomic E-state index is 14.5. The van der Waals surface area contributed by atoms with Gasteiger partial charge in [0.1, 0.15) is 16.5 Å². The predicted molar refractivity (Wildman–Crippen MR) is 158 cm³/mol. The van der Waals surface area contributed by atoms with Gasteiger partial charge >= 0.3 is 0 Å². The van der Waals surface area contributed by atoms with Crippen molar-refractivity contribution >= 4 is 17.2 Å². The minimum absolute atomic E-state index is 0.0249. The summed E-state index contributed by atoms with van der Waals surface area (Å²) in [5.41, 5.74) is 3.37. The first-order chi connectivity index (χ1) is 19.4. The molecule has 1 unspecified atom stereocenters. The van der Waals surface area contributed by atoms with E-state index in [4.69, 9.17) is 9.47 Å². The Morgan fingerprint density at radius 3 is 2.45 bits per heavy atom. The molecule has 1 amide bonds. The maximum atomic E-state index is 14.5. The molecule has 1 N–H and O–H groups in total. The SMILES string of the molecule is COc1ccc(CCN(Cc2nc(C(=O)NC(C)CCc3ccccc3)cs2)Cc2ccccc2F)cc1OC. The normalized spacial score (nSPS) is 11.8. The van der Waals surface area contributed by atoms with Gasteiger partial charge in [0, 0.05) is 30.1 Å². The van der Waals surface area contributed by atoms with E-state index in [1.54, 1.807) is 31.7 Å². The fourth-order valence-corrected chi connectivity index (χ4v) is 5.30. The van der Waals surface area contributed by atoms with Crippen LogP contribution in [0.15, 0.2) is 78.2 Å². The summed E-state index contributed by atoms with van der Waals surface area (Å²) in [6.07, 6.45) is 2.47. The number of nitrogens with one attached hydrogen (secondary N) is 1. The number of aryl methyl sites for hydroxylation is 1. The largest absolute Gasteiger partial charge is 0.493 e. The fraction of sp³-hybridized carbons (Fsp3) is 0.312. The lowest BCUT2D eigenvalue weighted by Gasteiger charge is -2.22. The van der Waals surface area contributed by atoms with Gasteiger partial charge in [0.15, 0.2) is 11.5 Å². The molecule has 1 aromatic heterocycles. The molecule has 0 aliphatic rings. The molecule has 0 saturated carbocycles. The number of carbonyl (C=O) groups is 1. The molecule has 0 fully saturated rings. The highest BCUT2D eigenvalue weighted by Crippen LogP contribution is 2.28. The lowest BCUT2D eigenvalue weighted by molar-refractivity contribution is 0.0933. The van der Waals surface area contributed by atoms with E-state index < -0.39 is 0 Å². The average Bonchev–Trinajstić information content (AvgIpc) is 3.45. The van der Waals surface area contributed by atoms with Gasteiger partial charge in [-0.2, -0.15) is 0 Å². The van der Waals surface area contributed by atoms with Gasteiger partial charge in [0.2, 0.25) is 0 Å². The Morgan fingerprint density at radius 1 is 0.950 bits per heavy atom. The van der Waals surface area contributed by atoms with Crippen molar-refractivity contribution in [3.63, 3.8) is 0 Å². The molecule has 40 heavy (non-hydrogen) atoms. The lowest BCUT2D eigenvalue weighted by Crippen LogP contribution is -2.33. The molecule has 210 valence electrons. The van der Waals surface area contributed by atoms with Crippen molar-refractivity contribution in [1.82, 2.24) is 15.2 Å². The van der Waals surface area contributed by atoms with E-state index in [2.05, 4.69) is 27.3 Å². The zero-order chi connectivity index (χ0) is 28.3. The Balaban J connectivity index is 1.39. The fourth-order valence-electron chi connectivity index (χ4n) is 4.48. The van der Waals surface area contributed by atoms with E-state index >= 15 is 0 Å². The van der Waals surface area contributed by atoms with E-state index in [0.29, 0.717) is 42.4 Å². The van der Waals surface area contributed by atoms with Crippen LogP contribution < -0.4 is 14.8 Å². The quantitative estimate of drug-likeness (QED) is 0.196. The summed E-state index contributed by atoms with van der Waals surface area (Å²) in [6, 6.07) is 23.0. The maximum Gasteiger partial charge on any atom is 0.270 e. The van der Waals surface area contributed by atoms with Crippen LogP contribution in [-0.2, 0) is 25.9 Å². The van der Waals surface area contributed by atoms with E-state index in [1.165, 1.54) is 23.0 Å². The third kappa shape index (κ3) is 8.37. The highest BCUT2D eigenvalue weighted by Gasteiger charge is 2.17. The van der Waals surface area contributed by atoms with Crippen LogP contribution in [0.25, 0.3) is 0 Å². The smallest absolute Gasteiger partial charge is 0.270 e. The Kier molecular flexibility index (Phi) is 10.7. The van der Waals surface area contributed by atoms with Crippen molar-refractivity contribution < 1.29 is 18.7 Å². The van der Waals surface area contributed by atoms with Crippen LogP contribution in [0, 0.1) is 5.82 Å². The van der Waals surface area contributed by atoms with Gasteiger partial charge in [-0.3, -0.25) is 9.69 Å². The number of thiazole rings is 1. The number of hydrogen-bond donors (Lipinski definition) is 1. The van der Waals surface area contributed by atoms with Crippen LogP contribution in [0.2, 0.25) is 0 Å². The second-order valence-corrected chi connectivity index (χ2v) is 10.7. The molecular weight excluding hydrogens is 525 g/mol. The highest BCUT2D eigenvalue weighted by atomic mass is 32.1. The topological polar surface area (TPSA) is 63.7 Å². The number of nitrogens with zero attached hydrogens (tertiary/aromatic N) is 2. The summed E-state index contributed by atoms with van der Waals surface area (Å²) in [7, 11) is 3.23. The number of hydrogen-bond acceptors (Lipinski definition) is 6. The van der Waals surface area contributed by atoms with Gasteiger partial charge < -0.3 is 14.8 Å². The van der Waals surface area contributed by atoms with Crippen LogP contribution in [0.4, 0.5) is 4.39 Å². The van der Waals surface area contributed by atoms with Gasteiger partial charge in [-0.05, 0) is 55.5 Å². The monoisotopic (exact) mass is 561 g/mol. The number of carbonyl (C=O) groups excluding carboxylic acids is 1. The average molecular weight is 562 g/mol. The third-order valence-corrected chi connectivity index (χ3v) is 7.58. The Morgan fingerprint density at radius 2 is 1.70 bits per heavy atom.